The van der Waals surface area contributed by atoms with Crippen molar-refractivity contribution in [1.29, 1.82) is 0 Å². The standard InChI is InChI=1S/C8H7NOS2/c9-8-7(10)5-3-4(11)1-2-6(5)12-8/h1-3,10-11H,9H2. The maximum absolute atomic E-state index is 9.47. The number of fused-ring (bicyclic) bond motifs is 1. The first-order valence-electron chi connectivity index (χ1n) is 3.38. The van der Waals surface area contributed by atoms with E-state index in [1.54, 1.807) is 6.07 Å². The highest BCUT2D eigenvalue weighted by Crippen LogP contribution is 2.39. The van der Waals surface area contributed by atoms with Crippen molar-refractivity contribution >= 4 is 39.1 Å². The number of nitrogen functional groups attached to an aromatic ring is 1. The van der Waals surface area contributed by atoms with Gasteiger partial charge in [0.2, 0.25) is 0 Å². The zero-order chi connectivity index (χ0) is 8.72. The van der Waals surface area contributed by atoms with Crippen LogP contribution < -0.4 is 5.73 Å². The van der Waals surface area contributed by atoms with Crippen molar-refractivity contribution in [2.75, 3.05) is 5.73 Å². The summed E-state index contributed by atoms with van der Waals surface area (Å²) in [5, 5.41) is 10.7. The van der Waals surface area contributed by atoms with Crippen molar-refractivity contribution in [1.82, 2.24) is 0 Å². The molecule has 1 aromatic carbocycles. The van der Waals surface area contributed by atoms with E-state index in [1.165, 1.54) is 11.3 Å². The van der Waals surface area contributed by atoms with Crippen LogP contribution in [0, 0.1) is 0 Å². The number of nitrogens with two attached hydrogens (primary N) is 1. The summed E-state index contributed by atoms with van der Waals surface area (Å²) in [7, 11) is 0. The predicted octanol–water partition coefficient (Wildman–Crippen LogP) is 2.48. The molecule has 0 aliphatic rings. The first-order chi connectivity index (χ1) is 5.68. The Kier molecular flexibility index (Phi) is 1.66. The molecule has 2 rings (SSSR count). The smallest absolute Gasteiger partial charge is 0.157 e. The van der Waals surface area contributed by atoms with Crippen LogP contribution in [0.2, 0.25) is 0 Å². The minimum Gasteiger partial charge on any atom is -0.504 e. The molecular weight excluding hydrogens is 190 g/mol. The van der Waals surface area contributed by atoms with Gasteiger partial charge in [-0.2, -0.15) is 0 Å². The Bertz CT molecular complexity index is 436. The third kappa shape index (κ3) is 1.04. The van der Waals surface area contributed by atoms with E-state index >= 15 is 0 Å². The fraction of sp³-hybridized carbons (Fsp3) is 0. The summed E-state index contributed by atoms with van der Waals surface area (Å²) < 4.78 is 0.989. The van der Waals surface area contributed by atoms with Gasteiger partial charge in [-0.1, -0.05) is 0 Å². The summed E-state index contributed by atoms with van der Waals surface area (Å²) in [5.74, 6) is 0.172. The lowest BCUT2D eigenvalue weighted by atomic mass is 10.2. The highest BCUT2D eigenvalue weighted by Gasteiger charge is 2.07. The monoisotopic (exact) mass is 197 g/mol. The van der Waals surface area contributed by atoms with Gasteiger partial charge in [0.25, 0.3) is 0 Å². The Morgan fingerprint density at radius 3 is 2.92 bits per heavy atom. The van der Waals surface area contributed by atoms with Gasteiger partial charge in [0.15, 0.2) is 5.75 Å². The maximum Gasteiger partial charge on any atom is 0.157 e. The Labute approximate surface area is 79.0 Å². The molecule has 0 spiro atoms. The Morgan fingerprint density at radius 2 is 2.17 bits per heavy atom. The third-order valence-electron chi connectivity index (χ3n) is 1.67. The topological polar surface area (TPSA) is 46.2 Å². The highest BCUT2D eigenvalue weighted by atomic mass is 32.1. The van der Waals surface area contributed by atoms with Crippen molar-refractivity contribution in [3.05, 3.63) is 18.2 Å². The Morgan fingerprint density at radius 1 is 1.42 bits per heavy atom. The number of thiophene rings is 1. The van der Waals surface area contributed by atoms with Gasteiger partial charge in [0, 0.05) is 15.0 Å². The van der Waals surface area contributed by atoms with E-state index in [0.29, 0.717) is 5.00 Å². The molecule has 1 aromatic heterocycles. The number of aromatic hydroxyl groups is 1. The lowest BCUT2D eigenvalue weighted by molar-refractivity contribution is 0.486. The molecule has 0 unspecified atom stereocenters. The molecule has 12 heavy (non-hydrogen) atoms. The molecule has 0 radical (unpaired) electrons. The second kappa shape index (κ2) is 2.57. The van der Waals surface area contributed by atoms with Gasteiger partial charge < -0.3 is 10.8 Å². The molecule has 62 valence electrons. The number of anilines is 1. The third-order valence-corrected chi connectivity index (χ3v) is 2.94. The summed E-state index contributed by atoms with van der Waals surface area (Å²) in [6, 6.07) is 5.58. The molecule has 2 aromatic rings. The van der Waals surface area contributed by atoms with Crippen LogP contribution in [0.5, 0.6) is 5.75 Å². The average Bonchev–Trinajstić information content (AvgIpc) is 2.31. The van der Waals surface area contributed by atoms with Crippen LogP contribution in [0.4, 0.5) is 5.00 Å². The normalized spacial score (nSPS) is 10.8. The van der Waals surface area contributed by atoms with E-state index in [4.69, 9.17) is 5.73 Å². The molecule has 0 aliphatic carbocycles. The van der Waals surface area contributed by atoms with Crippen LogP contribution in [0.1, 0.15) is 0 Å². The molecule has 0 amide bonds. The number of thiol groups is 1. The number of hydrogen-bond donors (Lipinski definition) is 3. The van der Waals surface area contributed by atoms with Crippen molar-refractivity contribution in [2.45, 2.75) is 4.90 Å². The zero-order valence-electron chi connectivity index (χ0n) is 6.11. The Balaban J connectivity index is 2.88. The van der Waals surface area contributed by atoms with Crippen LogP contribution in [0.25, 0.3) is 10.1 Å². The van der Waals surface area contributed by atoms with Gasteiger partial charge in [-0.05, 0) is 18.2 Å². The summed E-state index contributed by atoms with van der Waals surface area (Å²) in [4.78, 5) is 0.829. The van der Waals surface area contributed by atoms with Gasteiger partial charge in [-0.25, -0.2) is 0 Å². The molecule has 3 N–H and O–H groups in total. The molecule has 0 saturated carbocycles. The number of benzene rings is 1. The van der Waals surface area contributed by atoms with Crippen molar-refractivity contribution in [3.8, 4) is 5.75 Å². The van der Waals surface area contributed by atoms with Gasteiger partial charge in [0.05, 0.1) is 0 Å². The maximum atomic E-state index is 9.47. The van der Waals surface area contributed by atoms with Crippen molar-refractivity contribution in [2.24, 2.45) is 0 Å². The predicted molar refractivity (Wildman–Crippen MR) is 55.2 cm³/mol. The van der Waals surface area contributed by atoms with Crippen LogP contribution in [0.3, 0.4) is 0 Å². The minimum atomic E-state index is 0.172. The van der Waals surface area contributed by atoms with E-state index in [-0.39, 0.29) is 5.75 Å². The molecule has 0 bridgehead atoms. The van der Waals surface area contributed by atoms with E-state index in [2.05, 4.69) is 12.6 Å². The summed E-state index contributed by atoms with van der Waals surface area (Å²) in [6.07, 6.45) is 0. The quantitative estimate of drug-likeness (QED) is 0.568. The lowest BCUT2D eigenvalue weighted by Crippen LogP contribution is -1.76. The second-order valence-electron chi connectivity index (χ2n) is 2.50. The summed E-state index contributed by atoms with van der Waals surface area (Å²) >= 11 is 5.55. The number of hydrogen-bond acceptors (Lipinski definition) is 4. The van der Waals surface area contributed by atoms with Gasteiger partial charge in [-0.15, -0.1) is 24.0 Å². The van der Waals surface area contributed by atoms with E-state index in [0.717, 1.165) is 15.0 Å². The average molecular weight is 197 g/mol. The molecule has 4 heteroatoms. The first kappa shape index (κ1) is 7.76. The summed E-state index contributed by atoms with van der Waals surface area (Å²) in [6.45, 7) is 0. The van der Waals surface area contributed by atoms with Gasteiger partial charge in [-0.3, -0.25) is 0 Å². The SMILES string of the molecule is Nc1sc2ccc(S)cc2c1O. The van der Waals surface area contributed by atoms with Crippen LogP contribution in [0.15, 0.2) is 23.1 Å². The molecule has 0 atom stereocenters. The molecular formula is C8H7NOS2. The van der Waals surface area contributed by atoms with Crippen LogP contribution in [-0.2, 0) is 0 Å². The van der Waals surface area contributed by atoms with Crippen molar-refractivity contribution < 1.29 is 5.11 Å². The van der Waals surface area contributed by atoms with Gasteiger partial charge >= 0.3 is 0 Å². The zero-order valence-corrected chi connectivity index (χ0v) is 7.82. The van der Waals surface area contributed by atoms with E-state index < -0.39 is 0 Å². The Hall–Kier alpha value is -0.870. The molecule has 0 saturated heterocycles. The largest absolute Gasteiger partial charge is 0.504 e. The highest BCUT2D eigenvalue weighted by molar-refractivity contribution is 7.80. The second-order valence-corrected chi connectivity index (χ2v) is 4.10. The fourth-order valence-electron chi connectivity index (χ4n) is 1.09. The van der Waals surface area contributed by atoms with Crippen LogP contribution >= 0.6 is 24.0 Å². The molecule has 0 aliphatic heterocycles. The van der Waals surface area contributed by atoms with Crippen molar-refractivity contribution in [3.63, 3.8) is 0 Å². The van der Waals surface area contributed by atoms with Crippen LogP contribution in [-0.4, -0.2) is 5.11 Å². The lowest BCUT2D eigenvalue weighted by Gasteiger charge is -1.91. The van der Waals surface area contributed by atoms with E-state index in [1.807, 2.05) is 12.1 Å². The first-order valence-corrected chi connectivity index (χ1v) is 4.65. The number of rotatable bonds is 0. The molecule has 1 heterocycles. The van der Waals surface area contributed by atoms with Gasteiger partial charge in [0.1, 0.15) is 5.00 Å². The minimum absolute atomic E-state index is 0.172. The summed E-state index contributed by atoms with van der Waals surface area (Å²) in [5.41, 5.74) is 5.55. The van der Waals surface area contributed by atoms with E-state index in [9.17, 15) is 5.11 Å². The molecule has 2 nitrogen and oxygen atoms in total. The molecule has 0 fully saturated rings. The fourth-order valence-corrected chi connectivity index (χ4v) is 2.14.